The maximum atomic E-state index is 8.88. The van der Waals surface area contributed by atoms with Crippen LogP contribution >= 0.6 is 11.8 Å². The lowest BCUT2D eigenvalue weighted by atomic mass is 10.2. The van der Waals surface area contributed by atoms with Crippen LogP contribution in [0.2, 0.25) is 0 Å². The molecule has 2 aromatic heterocycles. The fourth-order valence-electron chi connectivity index (χ4n) is 2.59. The molecule has 0 fully saturated rings. The van der Waals surface area contributed by atoms with Gasteiger partial charge in [-0.1, -0.05) is 24.3 Å². The molecule has 0 bridgehead atoms. The summed E-state index contributed by atoms with van der Waals surface area (Å²) in [5, 5.41) is 9.82. The van der Waals surface area contributed by atoms with E-state index in [9.17, 15) is 0 Å². The summed E-state index contributed by atoms with van der Waals surface area (Å²) in [4.78, 5) is 12.6. The van der Waals surface area contributed by atoms with Gasteiger partial charge < -0.3 is 4.98 Å². The summed E-state index contributed by atoms with van der Waals surface area (Å²) in [5.74, 6) is 1.62. The number of rotatable bonds is 4. The minimum atomic E-state index is 0.676. The molecule has 0 atom stereocenters. The largest absolute Gasteiger partial charge is 0.338 e. The van der Waals surface area contributed by atoms with E-state index in [0.717, 1.165) is 38.8 Å². The molecule has 120 valence electrons. The molecule has 0 saturated carbocycles. The number of hydrogen-bond donors (Lipinski definition) is 1. The van der Waals surface area contributed by atoms with Crippen LogP contribution in [0.1, 0.15) is 11.1 Å². The average Bonchev–Trinajstić information content (AvgIpc) is 3.11. The summed E-state index contributed by atoms with van der Waals surface area (Å²) in [5.41, 5.74) is 4.80. The molecule has 4 nitrogen and oxygen atoms in total. The molecule has 2 heterocycles. The summed E-state index contributed by atoms with van der Waals surface area (Å²) in [6.45, 7) is 0. The summed E-state index contributed by atoms with van der Waals surface area (Å²) < 4.78 is 0. The standard InChI is InChI=1S/C20H14N4S/c21-12-14-7-9-15(10-8-14)13-25-20-16(4-3-11-22-20)19-23-17-5-1-2-6-18(17)24-19/h1-11H,13H2,(H,23,24). The Labute approximate surface area is 149 Å². The number of aromatic amines is 1. The lowest BCUT2D eigenvalue weighted by Crippen LogP contribution is -1.89. The number of fused-ring (bicyclic) bond motifs is 1. The van der Waals surface area contributed by atoms with Gasteiger partial charge in [0.1, 0.15) is 10.9 Å². The second-order valence-electron chi connectivity index (χ2n) is 5.56. The minimum Gasteiger partial charge on any atom is -0.338 e. The van der Waals surface area contributed by atoms with E-state index in [1.165, 1.54) is 0 Å². The van der Waals surface area contributed by atoms with Crippen molar-refractivity contribution in [3.05, 3.63) is 78.0 Å². The van der Waals surface area contributed by atoms with Crippen molar-refractivity contribution in [2.24, 2.45) is 0 Å². The number of para-hydroxylation sites is 2. The summed E-state index contributed by atoms with van der Waals surface area (Å²) >= 11 is 1.66. The van der Waals surface area contributed by atoms with E-state index >= 15 is 0 Å². The molecule has 0 radical (unpaired) electrons. The van der Waals surface area contributed by atoms with Crippen molar-refractivity contribution in [2.45, 2.75) is 10.8 Å². The van der Waals surface area contributed by atoms with E-state index < -0.39 is 0 Å². The fourth-order valence-corrected chi connectivity index (χ4v) is 3.55. The van der Waals surface area contributed by atoms with E-state index in [0.29, 0.717) is 5.56 Å². The van der Waals surface area contributed by atoms with Crippen molar-refractivity contribution in [1.82, 2.24) is 15.0 Å². The third kappa shape index (κ3) is 3.25. The highest BCUT2D eigenvalue weighted by Gasteiger charge is 2.11. The summed E-state index contributed by atoms with van der Waals surface area (Å²) in [6.07, 6.45) is 1.80. The molecule has 25 heavy (non-hydrogen) atoms. The van der Waals surface area contributed by atoms with Crippen molar-refractivity contribution >= 4 is 22.8 Å². The highest BCUT2D eigenvalue weighted by Crippen LogP contribution is 2.31. The van der Waals surface area contributed by atoms with Gasteiger partial charge in [0.25, 0.3) is 0 Å². The fraction of sp³-hybridized carbons (Fsp3) is 0.0500. The highest BCUT2D eigenvalue weighted by atomic mass is 32.2. The van der Waals surface area contributed by atoms with E-state index in [4.69, 9.17) is 5.26 Å². The number of thioether (sulfide) groups is 1. The van der Waals surface area contributed by atoms with Crippen molar-refractivity contribution in [3.63, 3.8) is 0 Å². The Hall–Kier alpha value is -3.10. The highest BCUT2D eigenvalue weighted by molar-refractivity contribution is 7.98. The van der Waals surface area contributed by atoms with Gasteiger partial charge in [0.2, 0.25) is 0 Å². The van der Waals surface area contributed by atoms with E-state index in [1.54, 1.807) is 18.0 Å². The van der Waals surface area contributed by atoms with Crippen LogP contribution in [0.3, 0.4) is 0 Å². The van der Waals surface area contributed by atoms with Gasteiger partial charge in [-0.15, -0.1) is 11.8 Å². The smallest absolute Gasteiger partial charge is 0.141 e. The molecule has 0 spiro atoms. The minimum absolute atomic E-state index is 0.676. The van der Waals surface area contributed by atoms with Gasteiger partial charge in [-0.2, -0.15) is 5.26 Å². The van der Waals surface area contributed by atoms with Crippen LogP contribution in [0.4, 0.5) is 0 Å². The van der Waals surface area contributed by atoms with Crippen molar-refractivity contribution < 1.29 is 0 Å². The Bertz CT molecular complexity index is 1030. The number of nitriles is 1. The lowest BCUT2D eigenvalue weighted by Gasteiger charge is -2.06. The molecule has 4 rings (SSSR count). The first-order valence-corrected chi connectivity index (χ1v) is 8.84. The Morgan fingerprint density at radius 1 is 1.00 bits per heavy atom. The van der Waals surface area contributed by atoms with Crippen LogP contribution in [-0.4, -0.2) is 15.0 Å². The molecule has 0 aliphatic heterocycles. The second-order valence-corrected chi connectivity index (χ2v) is 6.52. The van der Waals surface area contributed by atoms with Gasteiger partial charge in [0.05, 0.1) is 22.7 Å². The monoisotopic (exact) mass is 342 g/mol. The predicted molar refractivity (Wildman–Crippen MR) is 100 cm³/mol. The van der Waals surface area contributed by atoms with Crippen LogP contribution < -0.4 is 0 Å². The first kappa shape index (κ1) is 15.4. The van der Waals surface area contributed by atoms with E-state index in [1.807, 2.05) is 60.7 Å². The number of hydrogen-bond acceptors (Lipinski definition) is 4. The van der Waals surface area contributed by atoms with Gasteiger partial charge in [-0.05, 0) is 42.0 Å². The topological polar surface area (TPSA) is 65.4 Å². The Kier molecular flexibility index (Phi) is 4.19. The number of imidazole rings is 1. The molecule has 0 aliphatic carbocycles. The first-order valence-electron chi connectivity index (χ1n) is 7.85. The number of nitrogens with one attached hydrogen (secondary N) is 1. The lowest BCUT2D eigenvalue weighted by molar-refractivity contribution is 1.12. The number of aromatic nitrogens is 3. The number of nitrogens with zero attached hydrogens (tertiary/aromatic N) is 3. The third-order valence-electron chi connectivity index (χ3n) is 3.87. The zero-order valence-electron chi connectivity index (χ0n) is 13.3. The zero-order chi connectivity index (χ0) is 17.1. The average molecular weight is 342 g/mol. The normalized spacial score (nSPS) is 10.7. The molecule has 0 saturated heterocycles. The summed E-state index contributed by atoms with van der Waals surface area (Å²) in [6, 6.07) is 21.7. The van der Waals surface area contributed by atoms with Gasteiger partial charge in [0, 0.05) is 17.5 Å². The van der Waals surface area contributed by atoms with Gasteiger partial charge in [-0.3, -0.25) is 0 Å². The van der Waals surface area contributed by atoms with Crippen LogP contribution in [-0.2, 0) is 5.75 Å². The molecule has 0 aliphatic rings. The van der Waals surface area contributed by atoms with Crippen molar-refractivity contribution in [3.8, 4) is 17.5 Å². The van der Waals surface area contributed by atoms with Gasteiger partial charge in [-0.25, -0.2) is 9.97 Å². The Morgan fingerprint density at radius 3 is 2.64 bits per heavy atom. The number of pyridine rings is 1. The first-order chi connectivity index (χ1) is 12.3. The third-order valence-corrected chi connectivity index (χ3v) is 4.95. The Balaban J connectivity index is 1.61. The van der Waals surface area contributed by atoms with Crippen LogP contribution in [0.15, 0.2) is 71.9 Å². The molecular weight excluding hydrogens is 328 g/mol. The van der Waals surface area contributed by atoms with Crippen LogP contribution in [0.25, 0.3) is 22.4 Å². The quantitative estimate of drug-likeness (QED) is 0.542. The molecule has 2 aromatic carbocycles. The maximum Gasteiger partial charge on any atom is 0.141 e. The Morgan fingerprint density at radius 2 is 1.84 bits per heavy atom. The number of benzene rings is 2. The van der Waals surface area contributed by atoms with E-state index in [-0.39, 0.29) is 0 Å². The molecule has 1 N–H and O–H groups in total. The van der Waals surface area contributed by atoms with Crippen LogP contribution in [0, 0.1) is 11.3 Å². The van der Waals surface area contributed by atoms with Crippen LogP contribution in [0.5, 0.6) is 0 Å². The van der Waals surface area contributed by atoms with Crippen molar-refractivity contribution in [2.75, 3.05) is 0 Å². The summed E-state index contributed by atoms with van der Waals surface area (Å²) in [7, 11) is 0. The van der Waals surface area contributed by atoms with Gasteiger partial charge >= 0.3 is 0 Å². The zero-order valence-corrected chi connectivity index (χ0v) is 14.1. The number of H-pyrrole nitrogens is 1. The predicted octanol–water partition coefficient (Wildman–Crippen LogP) is 4.79. The molecule has 0 unspecified atom stereocenters. The molecule has 0 amide bonds. The maximum absolute atomic E-state index is 8.88. The molecular formula is C20H14N4S. The van der Waals surface area contributed by atoms with E-state index in [2.05, 4.69) is 21.0 Å². The SMILES string of the molecule is N#Cc1ccc(CSc2ncccc2-c2nc3ccccc3[nH]2)cc1. The van der Waals surface area contributed by atoms with Crippen molar-refractivity contribution in [1.29, 1.82) is 5.26 Å². The second kappa shape index (κ2) is 6.80. The molecule has 4 aromatic rings. The van der Waals surface area contributed by atoms with Gasteiger partial charge in [0.15, 0.2) is 0 Å². The molecule has 5 heteroatoms.